The Kier molecular flexibility index (Phi) is 7.53. The molecule has 0 saturated carbocycles. The fourth-order valence-electron chi connectivity index (χ4n) is 3.29. The monoisotopic (exact) mass is 320 g/mol. The van der Waals surface area contributed by atoms with E-state index < -0.39 is 7.12 Å². The molecule has 0 aliphatic carbocycles. The molecule has 5 N–H and O–H groups in total. The van der Waals surface area contributed by atoms with Crippen molar-refractivity contribution >= 4 is 7.12 Å². The molecule has 6 heteroatoms. The first-order chi connectivity index (χ1) is 11.1. The molecule has 1 aromatic carbocycles. The third-order valence-corrected chi connectivity index (χ3v) is 4.75. The van der Waals surface area contributed by atoms with Gasteiger partial charge in [0.1, 0.15) is 0 Å². The highest BCUT2D eigenvalue weighted by atomic mass is 16.4. The molecule has 0 amide bonds. The normalized spacial score (nSPS) is 19.4. The molecule has 0 bridgehead atoms. The van der Waals surface area contributed by atoms with Crippen molar-refractivity contribution in [1.29, 1.82) is 0 Å². The van der Waals surface area contributed by atoms with Gasteiger partial charge in [0.2, 0.25) is 0 Å². The van der Waals surface area contributed by atoms with E-state index in [0.717, 1.165) is 45.2 Å². The Morgan fingerprint density at radius 1 is 1.17 bits per heavy atom. The molecule has 2 atom stereocenters. The van der Waals surface area contributed by atoms with Gasteiger partial charge in [0.25, 0.3) is 0 Å². The van der Waals surface area contributed by atoms with Crippen LogP contribution in [0.1, 0.15) is 36.8 Å². The van der Waals surface area contributed by atoms with E-state index in [1.165, 1.54) is 11.1 Å². The zero-order valence-electron chi connectivity index (χ0n) is 13.8. The topological polar surface area (TPSA) is 90.0 Å². The van der Waals surface area contributed by atoms with E-state index in [1.807, 2.05) is 0 Å². The smallest absolute Gasteiger partial charge is 0.427 e. The predicted octanol–water partition coefficient (Wildman–Crippen LogP) is 0.766. The van der Waals surface area contributed by atoms with Crippen molar-refractivity contribution in [2.45, 2.75) is 57.1 Å². The van der Waals surface area contributed by atoms with Crippen molar-refractivity contribution in [3.8, 4) is 0 Å². The number of hydrogen-bond donors (Lipinski definition) is 4. The lowest BCUT2D eigenvalue weighted by Gasteiger charge is -2.36. The van der Waals surface area contributed by atoms with Gasteiger partial charge in [0.05, 0.1) is 6.61 Å². The quantitative estimate of drug-likeness (QED) is 0.399. The van der Waals surface area contributed by atoms with Crippen LogP contribution in [0, 0.1) is 0 Å². The number of nitrogens with zero attached hydrogens (tertiary/aromatic N) is 1. The van der Waals surface area contributed by atoms with E-state index >= 15 is 0 Å². The minimum atomic E-state index is -1.20. The third kappa shape index (κ3) is 5.90. The fraction of sp³-hybridized carbons (Fsp3) is 0.647. The molecule has 0 aromatic heterocycles. The summed E-state index contributed by atoms with van der Waals surface area (Å²) in [7, 11) is -1.20. The number of unbranched alkanes of at least 4 members (excludes halogenated alkanes) is 1. The molecule has 0 unspecified atom stereocenters. The summed E-state index contributed by atoms with van der Waals surface area (Å²) in [4.78, 5) is 2.33. The molecule has 1 heterocycles. The lowest BCUT2D eigenvalue weighted by molar-refractivity contribution is 0.103. The van der Waals surface area contributed by atoms with Crippen LogP contribution in [-0.2, 0) is 13.0 Å². The number of benzene rings is 1. The van der Waals surface area contributed by atoms with Crippen LogP contribution in [0.4, 0.5) is 0 Å². The van der Waals surface area contributed by atoms with E-state index in [1.54, 1.807) is 0 Å². The molecule has 23 heavy (non-hydrogen) atoms. The van der Waals surface area contributed by atoms with Crippen LogP contribution < -0.4 is 5.73 Å². The lowest BCUT2D eigenvalue weighted by atomic mass is 9.83. The second-order valence-electron chi connectivity index (χ2n) is 6.59. The lowest BCUT2D eigenvalue weighted by Crippen LogP contribution is -2.44. The van der Waals surface area contributed by atoms with Crippen LogP contribution in [0.5, 0.6) is 0 Å². The van der Waals surface area contributed by atoms with Gasteiger partial charge < -0.3 is 20.9 Å². The summed E-state index contributed by atoms with van der Waals surface area (Å²) in [5.74, 6) is 0. The summed E-state index contributed by atoms with van der Waals surface area (Å²) in [6.07, 6.45) is 4.84. The van der Waals surface area contributed by atoms with Gasteiger partial charge in [0.15, 0.2) is 0 Å². The van der Waals surface area contributed by atoms with Crippen LogP contribution in [0.3, 0.4) is 0 Å². The minimum Gasteiger partial charge on any atom is -0.427 e. The van der Waals surface area contributed by atoms with E-state index in [-0.39, 0.29) is 18.7 Å². The van der Waals surface area contributed by atoms with Crippen LogP contribution in [0.25, 0.3) is 0 Å². The summed E-state index contributed by atoms with van der Waals surface area (Å²) in [5, 5.41) is 27.3. The number of aliphatic hydroxyl groups excluding tert-OH is 1. The SMILES string of the molecule is N[C@H](CCCCB(O)O)CCN1Cc2ccccc2C[C@H]1CO. The van der Waals surface area contributed by atoms with Crippen molar-refractivity contribution in [2.75, 3.05) is 13.2 Å². The first-order valence-electron chi connectivity index (χ1n) is 8.63. The molecule has 0 radical (unpaired) electrons. The molecule has 0 saturated heterocycles. The van der Waals surface area contributed by atoms with Crippen molar-refractivity contribution in [2.24, 2.45) is 5.73 Å². The summed E-state index contributed by atoms with van der Waals surface area (Å²) >= 11 is 0. The molecule has 5 nitrogen and oxygen atoms in total. The maximum absolute atomic E-state index is 9.66. The third-order valence-electron chi connectivity index (χ3n) is 4.75. The number of hydrogen-bond acceptors (Lipinski definition) is 5. The number of rotatable bonds is 9. The van der Waals surface area contributed by atoms with Gasteiger partial charge in [-0.1, -0.05) is 37.1 Å². The molecule has 2 rings (SSSR count). The molecule has 1 aliphatic heterocycles. The Labute approximate surface area is 139 Å². The highest BCUT2D eigenvalue weighted by molar-refractivity contribution is 6.40. The largest absolute Gasteiger partial charge is 0.451 e. The van der Waals surface area contributed by atoms with Crippen molar-refractivity contribution < 1.29 is 15.2 Å². The summed E-state index contributed by atoms with van der Waals surface area (Å²) in [5.41, 5.74) is 8.87. The number of aliphatic hydroxyl groups is 1. The Hall–Kier alpha value is -0.915. The molecular weight excluding hydrogens is 291 g/mol. The Morgan fingerprint density at radius 2 is 1.91 bits per heavy atom. The van der Waals surface area contributed by atoms with Crippen molar-refractivity contribution in [1.82, 2.24) is 4.90 Å². The van der Waals surface area contributed by atoms with Gasteiger partial charge in [-0.2, -0.15) is 0 Å². The van der Waals surface area contributed by atoms with Gasteiger partial charge in [0, 0.05) is 25.2 Å². The molecule has 0 fully saturated rings. The second kappa shape index (κ2) is 9.40. The van der Waals surface area contributed by atoms with Crippen LogP contribution in [-0.4, -0.2) is 52.4 Å². The molecule has 1 aromatic rings. The minimum absolute atomic E-state index is 0.127. The maximum Gasteiger partial charge on any atom is 0.451 e. The zero-order valence-corrected chi connectivity index (χ0v) is 13.8. The van der Waals surface area contributed by atoms with Crippen LogP contribution >= 0.6 is 0 Å². The van der Waals surface area contributed by atoms with Gasteiger partial charge in [-0.3, -0.25) is 4.90 Å². The highest BCUT2D eigenvalue weighted by Gasteiger charge is 2.25. The zero-order chi connectivity index (χ0) is 16.7. The molecular formula is C17H29BN2O3. The Balaban J connectivity index is 1.76. The number of fused-ring (bicyclic) bond motifs is 1. The Bertz CT molecular complexity index is 473. The second-order valence-corrected chi connectivity index (χ2v) is 6.59. The molecule has 1 aliphatic rings. The first-order valence-corrected chi connectivity index (χ1v) is 8.63. The maximum atomic E-state index is 9.66. The average Bonchev–Trinajstić information content (AvgIpc) is 2.55. The molecule has 0 spiro atoms. The van der Waals surface area contributed by atoms with E-state index in [9.17, 15) is 5.11 Å². The highest BCUT2D eigenvalue weighted by Crippen LogP contribution is 2.23. The average molecular weight is 320 g/mol. The Morgan fingerprint density at radius 3 is 2.61 bits per heavy atom. The van der Waals surface area contributed by atoms with Crippen LogP contribution in [0.2, 0.25) is 6.32 Å². The standard InChI is InChI=1S/C17H29BN2O3/c19-16(7-3-4-9-18(22)23)8-10-20-12-15-6-2-1-5-14(15)11-17(20)13-21/h1-2,5-6,16-17,21-23H,3-4,7-13,19H2/t16-,17+/m1/s1. The predicted molar refractivity (Wildman–Crippen MR) is 92.9 cm³/mol. The van der Waals surface area contributed by atoms with Gasteiger partial charge in [-0.15, -0.1) is 0 Å². The van der Waals surface area contributed by atoms with Gasteiger partial charge in [-0.25, -0.2) is 0 Å². The number of nitrogens with two attached hydrogens (primary N) is 1. The van der Waals surface area contributed by atoms with Crippen molar-refractivity contribution in [3.05, 3.63) is 35.4 Å². The summed E-state index contributed by atoms with van der Waals surface area (Å²) in [6.45, 7) is 1.95. The van der Waals surface area contributed by atoms with E-state index in [2.05, 4.69) is 29.2 Å². The summed E-state index contributed by atoms with van der Waals surface area (Å²) in [6, 6.07) is 8.75. The molecule has 128 valence electrons. The fourth-order valence-corrected chi connectivity index (χ4v) is 3.29. The van der Waals surface area contributed by atoms with E-state index in [4.69, 9.17) is 15.8 Å². The van der Waals surface area contributed by atoms with E-state index in [0.29, 0.717) is 6.32 Å². The summed E-state index contributed by atoms with van der Waals surface area (Å²) < 4.78 is 0. The van der Waals surface area contributed by atoms with Crippen LogP contribution in [0.15, 0.2) is 24.3 Å². The van der Waals surface area contributed by atoms with Crippen molar-refractivity contribution in [3.63, 3.8) is 0 Å². The van der Waals surface area contributed by atoms with Gasteiger partial charge >= 0.3 is 7.12 Å². The van der Waals surface area contributed by atoms with Gasteiger partial charge in [-0.05, 0) is 36.7 Å². The first kappa shape index (κ1) is 18.4.